The molecule has 182 valence electrons. The van der Waals surface area contributed by atoms with Crippen molar-refractivity contribution in [1.82, 2.24) is 9.21 Å². The number of amides is 2. The lowest BCUT2D eigenvalue weighted by molar-refractivity contribution is -0.121. The van der Waals surface area contributed by atoms with Gasteiger partial charge in [-0.05, 0) is 68.1 Å². The summed E-state index contributed by atoms with van der Waals surface area (Å²) in [6.07, 6.45) is 5.07. The zero-order chi connectivity index (χ0) is 24.1. The fraction of sp³-hybridized carbons (Fsp3) is 0.440. The number of hydrogen-bond acceptors (Lipinski definition) is 4. The van der Waals surface area contributed by atoms with Crippen LogP contribution in [0.5, 0.6) is 0 Å². The van der Waals surface area contributed by atoms with E-state index in [4.69, 9.17) is 0 Å². The van der Waals surface area contributed by atoms with Crippen LogP contribution in [0.1, 0.15) is 48.9 Å². The summed E-state index contributed by atoms with van der Waals surface area (Å²) in [5, 5.41) is 2.84. The Morgan fingerprint density at radius 1 is 0.912 bits per heavy atom. The van der Waals surface area contributed by atoms with Gasteiger partial charge >= 0.3 is 0 Å². The quantitative estimate of drug-likeness (QED) is 0.694. The lowest BCUT2D eigenvalue weighted by Crippen LogP contribution is -2.43. The maximum Gasteiger partial charge on any atom is 0.253 e. The van der Waals surface area contributed by atoms with Crippen molar-refractivity contribution in [2.45, 2.75) is 43.4 Å². The van der Waals surface area contributed by atoms with Gasteiger partial charge in [-0.15, -0.1) is 0 Å². The van der Waals surface area contributed by atoms with Gasteiger partial charge in [0.1, 0.15) is 5.82 Å². The molecular weight excluding hydrogens is 457 g/mol. The van der Waals surface area contributed by atoms with Crippen LogP contribution < -0.4 is 5.32 Å². The lowest BCUT2D eigenvalue weighted by atomic mass is 9.96. The van der Waals surface area contributed by atoms with Crippen molar-refractivity contribution in [2.75, 3.05) is 31.5 Å². The predicted molar refractivity (Wildman–Crippen MR) is 127 cm³/mol. The largest absolute Gasteiger partial charge is 0.338 e. The van der Waals surface area contributed by atoms with E-state index in [1.165, 1.54) is 34.6 Å². The number of likely N-dealkylation sites (tertiary alicyclic amines) is 1. The van der Waals surface area contributed by atoms with Gasteiger partial charge in [0.15, 0.2) is 0 Å². The number of piperidine rings is 1. The molecule has 2 heterocycles. The molecule has 0 saturated carbocycles. The SMILES string of the molecule is O=C(Nc1cccc(S(=O)(=O)N2CCCCCC2)c1)C1CCCN(C(=O)c2ccc(F)cc2)C1. The Labute approximate surface area is 200 Å². The molecule has 0 aliphatic carbocycles. The van der Waals surface area contributed by atoms with E-state index in [1.54, 1.807) is 23.1 Å². The van der Waals surface area contributed by atoms with Crippen molar-refractivity contribution in [3.8, 4) is 0 Å². The van der Waals surface area contributed by atoms with Crippen LogP contribution in [0, 0.1) is 11.7 Å². The second-order valence-electron chi connectivity index (χ2n) is 8.93. The highest BCUT2D eigenvalue weighted by Gasteiger charge is 2.30. The lowest BCUT2D eigenvalue weighted by Gasteiger charge is -2.32. The van der Waals surface area contributed by atoms with Gasteiger partial charge < -0.3 is 10.2 Å². The molecule has 0 bridgehead atoms. The molecule has 2 aromatic carbocycles. The first-order valence-electron chi connectivity index (χ1n) is 11.8. The summed E-state index contributed by atoms with van der Waals surface area (Å²) in [6.45, 7) is 1.81. The molecule has 2 aromatic rings. The van der Waals surface area contributed by atoms with Crippen molar-refractivity contribution in [3.63, 3.8) is 0 Å². The summed E-state index contributed by atoms with van der Waals surface area (Å²) < 4.78 is 40.9. The zero-order valence-electron chi connectivity index (χ0n) is 19.1. The molecule has 0 radical (unpaired) electrons. The van der Waals surface area contributed by atoms with Gasteiger partial charge in [0.2, 0.25) is 15.9 Å². The van der Waals surface area contributed by atoms with Crippen LogP contribution in [-0.4, -0.2) is 55.6 Å². The van der Waals surface area contributed by atoms with E-state index in [9.17, 15) is 22.4 Å². The summed E-state index contributed by atoms with van der Waals surface area (Å²) >= 11 is 0. The van der Waals surface area contributed by atoms with E-state index in [0.717, 1.165) is 25.7 Å². The topological polar surface area (TPSA) is 86.8 Å². The molecule has 1 unspecified atom stereocenters. The molecule has 2 amide bonds. The summed E-state index contributed by atoms with van der Waals surface area (Å²) in [7, 11) is -3.62. The minimum absolute atomic E-state index is 0.170. The number of anilines is 1. The molecule has 2 saturated heterocycles. The fourth-order valence-corrected chi connectivity index (χ4v) is 6.12. The van der Waals surface area contributed by atoms with Crippen LogP contribution in [0.3, 0.4) is 0 Å². The van der Waals surface area contributed by atoms with Gasteiger partial charge in [-0.3, -0.25) is 9.59 Å². The maximum atomic E-state index is 13.2. The number of carbonyl (C=O) groups excluding carboxylic acids is 2. The Kier molecular flexibility index (Phi) is 7.63. The molecule has 1 N–H and O–H groups in total. The third kappa shape index (κ3) is 5.64. The van der Waals surface area contributed by atoms with E-state index in [1.807, 2.05) is 0 Å². The highest BCUT2D eigenvalue weighted by Crippen LogP contribution is 2.25. The van der Waals surface area contributed by atoms with E-state index in [-0.39, 0.29) is 23.3 Å². The van der Waals surface area contributed by atoms with Crippen molar-refractivity contribution >= 4 is 27.5 Å². The highest BCUT2D eigenvalue weighted by molar-refractivity contribution is 7.89. The van der Waals surface area contributed by atoms with Crippen molar-refractivity contribution in [1.29, 1.82) is 0 Å². The molecule has 1 atom stereocenters. The Bertz CT molecular complexity index is 1130. The summed E-state index contributed by atoms with van der Waals surface area (Å²) in [4.78, 5) is 27.5. The number of benzene rings is 2. The number of rotatable bonds is 5. The number of sulfonamides is 1. The van der Waals surface area contributed by atoms with E-state index in [0.29, 0.717) is 43.7 Å². The summed E-state index contributed by atoms with van der Waals surface area (Å²) in [5.41, 5.74) is 0.803. The van der Waals surface area contributed by atoms with Gasteiger partial charge in [0, 0.05) is 37.4 Å². The fourth-order valence-electron chi connectivity index (χ4n) is 4.56. The molecule has 2 aliphatic rings. The smallest absolute Gasteiger partial charge is 0.253 e. The monoisotopic (exact) mass is 487 g/mol. The average Bonchev–Trinajstić information content (AvgIpc) is 3.15. The molecule has 7 nitrogen and oxygen atoms in total. The minimum Gasteiger partial charge on any atom is -0.338 e. The van der Waals surface area contributed by atoms with Crippen LogP contribution in [0.2, 0.25) is 0 Å². The number of nitrogens with one attached hydrogen (secondary N) is 1. The third-order valence-corrected chi connectivity index (χ3v) is 8.37. The predicted octanol–water partition coefficient (Wildman–Crippen LogP) is 3.88. The van der Waals surface area contributed by atoms with Gasteiger partial charge in [0.05, 0.1) is 10.8 Å². The third-order valence-electron chi connectivity index (χ3n) is 6.47. The van der Waals surface area contributed by atoms with Crippen molar-refractivity contribution in [2.24, 2.45) is 5.92 Å². The van der Waals surface area contributed by atoms with E-state index < -0.39 is 21.8 Å². The van der Waals surface area contributed by atoms with E-state index >= 15 is 0 Å². The number of halogens is 1. The first-order chi connectivity index (χ1) is 16.3. The first-order valence-corrected chi connectivity index (χ1v) is 13.2. The van der Waals surface area contributed by atoms with Gasteiger partial charge in [-0.2, -0.15) is 4.31 Å². The van der Waals surface area contributed by atoms with E-state index in [2.05, 4.69) is 5.32 Å². The van der Waals surface area contributed by atoms with Crippen LogP contribution in [0.25, 0.3) is 0 Å². The Morgan fingerprint density at radius 3 is 2.32 bits per heavy atom. The normalized spacial score (nSPS) is 19.9. The Balaban J connectivity index is 1.42. The molecule has 9 heteroatoms. The van der Waals surface area contributed by atoms with Crippen LogP contribution >= 0.6 is 0 Å². The maximum absolute atomic E-state index is 13.2. The molecule has 0 aromatic heterocycles. The van der Waals surface area contributed by atoms with Gasteiger partial charge in [-0.1, -0.05) is 18.9 Å². The van der Waals surface area contributed by atoms with Crippen LogP contribution in [0.15, 0.2) is 53.4 Å². The zero-order valence-corrected chi connectivity index (χ0v) is 19.9. The standard InChI is InChI=1S/C25H30FN3O4S/c26-21-12-10-19(11-13-21)25(31)28-14-6-7-20(18-28)24(30)27-22-8-5-9-23(17-22)34(32,33)29-15-3-1-2-4-16-29/h5,8-13,17,20H,1-4,6-7,14-16,18H2,(H,27,30). The van der Waals surface area contributed by atoms with Crippen LogP contribution in [-0.2, 0) is 14.8 Å². The molecular formula is C25H30FN3O4S. The number of nitrogens with zero attached hydrogens (tertiary/aromatic N) is 2. The molecule has 34 heavy (non-hydrogen) atoms. The second kappa shape index (κ2) is 10.7. The van der Waals surface area contributed by atoms with Crippen molar-refractivity contribution in [3.05, 3.63) is 59.9 Å². The first kappa shape index (κ1) is 24.3. The van der Waals surface area contributed by atoms with Crippen LogP contribution in [0.4, 0.5) is 10.1 Å². The summed E-state index contributed by atoms with van der Waals surface area (Å²) in [5.74, 6) is -1.31. The average molecular weight is 488 g/mol. The Hall–Kier alpha value is -2.78. The number of hydrogen-bond donors (Lipinski definition) is 1. The molecule has 0 spiro atoms. The molecule has 4 rings (SSSR count). The molecule has 2 aliphatic heterocycles. The molecule has 2 fully saturated rings. The van der Waals surface area contributed by atoms with Crippen molar-refractivity contribution < 1.29 is 22.4 Å². The second-order valence-corrected chi connectivity index (χ2v) is 10.9. The highest BCUT2D eigenvalue weighted by atomic mass is 32.2. The van der Waals surface area contributed by atoms with Gasteiger partial charge in [0.25, 0.3) is 5.91 Å². The van der Waals surface area contributed by atoms with Gasteiger partial charge in [-0.25, -0.2) is 12.8 Å². The Morgan fingerprint density at radius 2 is 1.62 bits per heavy atom. The number of carbonyl (C=O) groups is 2. The summed E-state index contributed by atoms with van der Waals surface area (Å²) in [6, 6.07) is 11.7. The minimum atomic E-state index is -3.62.